The van der Waals surface area contributed by atoms with Gasteiger partial charge in [-0.15, -0.1) is 0 Å². The number of rotatable bonds is 7. The molecule has 0 saturated carbocycles. The Balaban J connectivity index is 1.34. The first-order valence-electron chi connectivity index (χ1n) is 11.2. The molecule has 3 aromatic carbocycles. The smallest absolute Gasteiger partial charge is 0.265 e. The van der Waals surface area contributed by atoms with E-state index in [0.717, 1.165) is 11.1 Å². The van der Waals surface area contributed by atoms with Crippen molar-refractivity contribution in [2.45, 2.75) is 17.9 Å². The summed E-state index contributed by atoms with van der Waals surface area (Å²) in [7, 11) is -1.56. The lowest BCUT2D eigenvalue weighted by atomic mass is 10.1. The normalized spacial score (nSPS) is 16.1. The van der Waals surface area contributed by atoms with Gasteiger partial charge < -0.3 is 15.0 Å². The summed E-state index contributed by atoms with van der Waals surface area (Å²) < 4.78 is 33.0. The van der Waals surface area contributed by atoms with E-state index in [1.165, 1.54) is 16.4 Å². The molecule has 1 atom stereocenters. The highest BCUT2D eigenvalue weighted by Gasteiger charge is 2.27. The van der Waals surface area contributed by atoms with Crippen molar-refractivity contribution in [2.24, 2.45) is 0 Å². The van der Waals surface area contributed by atoms with Gasteiger partial charge >= 0.3 is 0 Å². The van der Waals surface area contributed by atoms with Crippen LogP contribution in [-0.2, 0) is 14.8 Å². The second-order valence-electron chi connectivity index (χ2n) is 8.37. The Labute approximate surface area is 201 Å². The third-order valence-electron chi connectivity index (χ3n) is 5.87. The fourth-order valence-electron chi connectivity index (χ4n) is 3.75. The Morgan fingerprint density at radius 1 is 0.853 bits per heavy atom. The first-order valence-corrected chi connectivity index (χ1v) is 12.7. The fraction of sp³-hybridized carbons (Fsp3) is 0.269. The van der Waals surface area contributed by atoms with Gasteiger partial charge in [0.15, 0.2) is 6.10 Å². The van der Waals surface area contributed by atoms with Gasteiger partial charge in [-0.05, 0) is 61.5 Å². The third kappa shape index (κ3) is 5.64. The van der Waals surface area contributed by atoms with Crippen LogP contribution in [0.3, 0.4) is 0 Å². The molecule has 8 heteroatoms. The number of benzene rings is 3. The first-order chi connectivity index (χ1) is 16.3. The van der Waals surface area contributed by atoms with Gasteiger partial charge in [-0.3, -0.25) is 4.79 Å². The molecule has 0 aromatic heterocycles. The molecule has 1 N–H and O–H groups in total. The molecule has 1 aliphatic rings. The van der Waals surface area contributed by atoms with Gasteiger partial charge in [0.05, 0.1) is 4.90 Å². The Bertz CT molecular complexity index is 1210. The Kier molecular flexibility index (Phi) is 7.31. The summed E-state index contributed by atoms with van der Waals surface area (Å²) in [5.74, 6) is 0.276. The summed E-state index contributed by atoms with van der Waals surface area (Å²) in [6, 6.07) is 23.8. The molecule has 178 valence electrons. The van der Waals surface area contributed by atoms with Crippen LogP contribution in [0.15, 0.2) is 83.8 Å². The molecular formula is C26H29N3O4S. The molecule has 1 aliphatic heterocycles. The Hall–Kier alpha value is -3.20. The molecule has 1 saturated heterocycles. The average Bonchev–Trinajstić information content (AvgIpc) is 2.85. The van der Waals surface area contributed by atoms with E-state index in [1.54, 1.807) is 19.1 Å². The molecule has 0 spiro atoms. The van der Waals surface area contributed by atoms with E-state index >= 15 is 0 Å². The predicted octanol–water partition coefficient (Wildman–Crippen LogP) is 3.70. The molecule has 1 heterocycles. The van der Waals surface area contributed by atoms with Crippen molar-refractivity contribution in [1.82, 2.24) is 9.21 Å². The van der Waals surface area contributed by atoms with Gasteiger partial charge in [-0.25, -0.2) is 8.42 Å². The predicted molar refractivity (Wildman–Crippen MR) is 133 cm³/mol. The number of anilines is 1. The van der Waals surface area contributed by atoms with E-state index in [1.807, 2.05) is 61.6 Å². The van der Waals surface area contributed by atoms with E-state index in [2.05, 4.69) is 10.2 Å². The number of amides is 1. The number of likely N-dealkylation sites (N-methyl/N-ethyl adjacent to an activating group) is 1. The monoisotopic (exact) mass is 479 g/mol. The molecule has 4 rings (SSSR count). The minimum atomic E-state index is -3.54. The van der Waals surface area contributed by atoms with E-state index in [0.29, 0.717) is 37.6 Å². The minimum absolute atomic E-state index is 0.220. The van der Waals surface area contributed by atoms with Crippen LogP contribution < -0.4 is 10.1 Å². The summed E-state index contributed by atoms with van der Waals surface area (Å²) >= 11 is 0. The molecule has 3 aromatic rings. The van der Waals surface area contributed by atoms with E-state index in [4.69, 9.17) is 4.74 Å². The van der Waals surface area contributed by atoms with Gasteiger partial charge in [0.25, 0.3) is 5.91 Å². The van der Waals surface area contributed by atoms with Crippen LogP contribution in [0.5, 0.6) is 5.75 Å². The largest absolute Gasteiger partial charge is 0.481 e. The molecule has 0 unspecified atom stereocenters. The number of ether oxygens (including phenoxy) is 1. The second-order valence-corrected chi connectivity index (χ2v) is 10.3. The van der Waals surface area contributed by atoms with Crippen molar-refractivity contribution < 1.29 is 17.9 Å². The molecule has 1 fully saturated rings. The molecular weight excluding hydrogens is 450 g/mol. The number of nitrogens with zero attached hydrogens (tertiary/aromatic N) is 2. The molecule has 0 bridgehead atoms. The fourth-order valence-corrected chi connectivity index (χ4v) is 5.17. The maximum atomic E-state index is 12.9. The zero-order valence-corrected chi connectivity index (χ0v) is 20.2. The van der Waals surface area contributed by atoms with Gasteiger partial charge in [0.1, 0.15) is 5.75 Å². The van der Waals surface area contributed by atoms with Crippen LogP contribution in [0, 0.1) is 0 Å². The van der Waals surface area contributed by atoms with Crippen LogP contribution in [0.4, 0.5) is 5.69 Å². The maximum absolute atomic E-state index is 12.9. The quantitative estimate of drug-likeness (QED) is 0.559. The third-order valence-corrected chi connectivity index (χ3v) is 7.78. The van der Waals surface area contributed by atoms with Crippen LogP contribution >= 0.6 is 0 Å². The Morgan fingerprint density at radius 3 is 2.06 bits per heavy atom. The van der Waals surface area contributed by atoms with Crippen LogP contribution in [0.2, 0.25) is 0 Å². The summed E-state index contributed by atoms with van der Waals surface area (Å²) in [5.41, 5.74) is 2.69. The van der Waals surface area contributed by atoms with E-state index in [-0.39, 0.29) is 10.8 Å². The van der Waals surface area contributed by atoms with E-state index < -0.39 is 16.1 Å². The number of nitrogens with one attached hydrogen (secondary N) is 1. The van der Waals surface area contributed by atoms with Crippen molar-refractivity contribution >= 4 is 21.6 Å². The second kappa shape index (κ2) is 10.4. The van der Waals surface area contributed by atoms with Gasteiger partial charge in [-0.2, -0.15) is 4.31 Å². The summed E-state index contributed by atoms with van der Waals surface area (Å²) in [6.45, 7) is 4.03. The Morgan fingerprint density at radius 2 is 1.44 bits per heavy atom. The number of hydrogen-bond donors (Lipinski definition) is 1. The van der Waals surface area contributed by atoms with Crippen molar-refractivity contribution in [3.8, 4) is 16.9 Å². The highest BCUT2D eigenvalue weighted by Crippen LogP contribution is 2.23. The SMILES string of the molecule is C[C@@H](Oc1ccc(-c2ccccc2)cc1)C(=O)Nc1ccc(S(=O)(=O)N2CCN(C)CC2)cc1. The van der Waals surface area contributed by atoms with Crippen molar-refractivity contribution in [3.05, 3.63) is 78.9 Å². The lowest BCUT2D eigenvalue weighted by Gasteiger charge is -2.31. The number of hydrogen-bond acceptors (Lipinski definition) is 5. The molecule has 34 heavy (non-hydrogen) atoms. The van der Waals surface area contributed by atoms with E-state index in [9.17, 15) is 13.2 Å². The highest BCUT2D eigenvalue weighted by atomic mass is 32.2. The molecule has 1 amide bonds. The number of piperazine rings is 1. The minimum Gasteiger partial charge on any atom is -0.481 e. The van der Waals surface area contributed by atoms with Crippen molar-refractivity contribution in [3.63, 3.8) is 0 Å². The zero-order chi connectivity index (χ0) is 24.1. The standard InChI is InChI=1S/C26H29N3O4S/c1-20(33-24-12-8-22(9-13-24)21-6-4-3-5-7-21)26(30)27-23-10-14-25(15-11-23)34(31,32)29-18-16-28(2)17-19-29/h3-15,20H,16-19H2,1-2H3,(H,27,30)/t20-/m1/s1. The van der Waals surface area contributed by atoms with Gasteiger partial charge in [-0.1, -0.05) is 42.5 Å². The number of carbonyl (C=O) groups excluding carboxylic acids is 1. The lowest BCUT2D eigenvalue weighted by molar-refractivity contribution is -0.122. The lowest BCUT2D eigenvalue weighted by Crippen LogP contribution is -2.46. The van der Waals surface area contributed by atoms with Crippen molar-refractivity contribution in [1.29, 1.82) is 0 Å². The topological polar surface area (TPSA) is 78.9 Å². The molecule has 7 nitrogen and oxygen atoms in total. The van der Waals surface area contributed by atoms with Gasteiger partial charge in [0.2, 0.25) is 10.0 Å². The number of sulfonamides is 1. The highest BCUT2D eigenvalue weighted by molar-refractivity contribution is 7.89. The maximum Gasteiger partial charge on any atom is 0.265 e. The van der Waals surface area contributed by atoms with Crippen LogP contribution in [0.25, 0.3) is 11.1 Å². The summed E-state index contributed by atoms with van der Waals surface area (Å²) in [4.78, 5) is 14.9. The zero-order valence-electron chi connectivity index (χ0n) is 19.3. The first kappa shape index (κ1) is 23.9. The van der Waals surface area contributed by atoms with Crippen molar-refractivity contribution in [2.75, 3.05) is 38.5 Å². The molecule has 0 radical (unpaired) electrons. The summed E-state index contributed by atoms with van der Waals surface area (Å²) in [6.07, 6.45) is -0.726. The van der Waals surface area contributed by atoms with Gasteiger partial charge in [0, 0.05) is 31.9 Å². The molecule has 0 aliphatic carbocycles. The number of carbonyl (C=O) groups is 1. The average molecular weight is 480 g/mol. The van der Waals surface area contributed by atoms with Crippen LogP contribution in [-0.4, -0.2) is 62.9 Å². The summed E-state index contributed by atoms with van der Waals surface area (Å²) in [5, 5.41) is 2.78. The van der Waals surface area contributed by atoms with Crippen LogP contribution in [0.1, 0.15) is 6.92 Å².